The Hall–Kier alpha value is 2.08. The van der Waals surface area contributed by atoms with Gasteiger partial charge >= 0.3 is 85.6 Å². The standard InChI is InChI=1S/C33H92O13Si12/c1-26-27-32-47(2,3)36-49(6,7)38-51(10,11)40-53(14,15)42-55(18,19)44-57(22,23)46-58(24,25)45-56(20,21)43-54(16,17)41-52(12,13)39-50(8,9)37-48(4,5)33-28-30-35-31-29-34/h34H,26-33H2,1-25H3. The highest BCUT2D eigenvalue weighted by Gasteiger charge is 2.51. The van der Waals surface area contributed by atoms with Gasteiger partial charge in [-0.3, -0.25) is 0 Å². The van der Waals surface area contributed by atoms with Gasteiger partial charge in [-0.05, 0) is 176 Å². The van der Waals surface area contributed by atoms with Crippen molar-refractivity contribution in [1.29, 1.82) is 0 Å². The maximum atomic E-state index is 8.97. The molecule has 0 aliphatic carbocycles. The van der Waals surface area contributed by atoms with Crippen molar-refractivity contribution >= 4 is 102 Å². The number of rotatable bonds is 31. The number of hydrogen-bond donors (Lipinski definition) is 1. The van der Waals surface area contributed by atoms with E-state index in [9.17, 15) is 0 Å². The van der Waals surface area contributed by atoms with Crippen LogP contribution in [0.5, 0.6) is 0 Å². The van der Waals surface area contributed by atoms with Crippen LogP contribution in [-0.2, 0) is 50.0 Å². The van der Waals surface area contributed by atoms with Crippen LogP contribution in [0.25, 0.3) is 0 Å². The molecule has 0 aromatic carbocycles. The van der Waals surface area contributed by atoms with Crippen molar-refractivity contribution in [3.8, 4) is 0 Å². The summed E-state index contributed by atoms with van der Waals surface area (Å²) in [5.41, 5.74) is 0. The summed E-state index contributed by atoms with van der Waals surface area (Å²) in [4.78, 5) is 0. The molecule has 0 amide bonds. The lowest BCUT2D eigenvalue weighted by molar-refractivity contribution is 0.0923. The Morgan fingerprint density at radius 3 is 0.707 bits per heavy atom. The van der Waals surface area contributed by atoms with E-state index in [-0.39, 0.29) is 6.61 Å². The summed E-state index contributed by atoms with van der Waals surface area (Å²) in [6.45, 7) is 54.1. The third-order valence-corrected chi connectivity index (χ3v) is 54.8. The van der Waals surface area contributed by atoms with E-state index in [1.165, 1.54) is 12.8 Å². The van der Waals surface area contributed by atoms with E-state index in [0.717, 1.165) is 18.5 Å². The van der Waals surface area contributed by atoms with E-state index in [2.05, 4.69) is 164 Å². The average Bonchev–Trinajstić information content (AvgIpc) is 2.83. The first-order chi connectivity index (χ1) is 25.4. The maximum Gasteiger partial charge on any atom is 0.314 e. The first kappa shape index (κ1) is 60.1. The van der Waals surface area contributed by atoms with Crippen LogP contribution in [0, 0.1) is 0 Å². The molecule has 58 heavy (non-hydrogen) atoms. The van der Waals surface area contributed by atoms with Gasteiger partial charge in [0, 0.05) is 6.61 Å². The summed E-state index contributed by atoms with van der Waals surface area (Å²) >= 11 is 0. The second kappa shape index (κ2) is 22.5. The number of aliphatic hydroxyl groups excluding tert-OH is 1. The molecule has 0 unspecified atom stereocenters. The molecule has 1 N–H and O–H groups in total. The second-order valence-electron chi connectivity index (χ2n) is 21.2. The number of ether oxygens (including phenoxy) is 1. The molecule has 0 aliphatic rings. The average molecular weight is 1030 g/mol. The predicted molar refractivity (Wildman–Crippen MR) is 269 cm³/mol. The molecule has 0 aliphatic heterocycles. The summed E-state index contributed by atoms with van der Waals surface area (Å²) in [6.07, 6.45) is 3.26. The van der Waals surface area contributed by atoms with E-state index < -0.39 is 102 Å². The first-order valence-electron chi connectivity index (χ1n) is 21.3. The molecule has 0 saturated heterocycles. The van der Waals surface area contributed by atoms with Crippen molar-refractivity contribution in [2.24, 2.45) is 0 Å². The Labute approximate surface area is 370 Å². The van der Waals surface area contributed by atoms with E-state index in [0.29, 0.717) is 13.2 Å². The zero-order valence-corrected chi connectivity index (χ0v) is 54.0. The van der Waals surface area contributed by atoms with Crippen molar-refractivity contribution in [2.45, 2.75) is 195 Å². The molecular formula is C33H92O13Si12. The highest BCUT2D eigenvalue weighted by molar-refractivity contribution is 6.94. The van der Waals surface area contributed by atoms with Crippen LogP contribution in [0.2, 0.25) is 169 Å². The van der Waals surface area contributed by atoms with Crippen LogP contribution in [0.4, 0.5) is 0 Å². The Bertz CT molecular complexity index is 1230. The van der Waals surface area contributed by atoms with Crippen molar-refractivity contribution < 1.29 is 55.1 Å². The first-order valence-corrected chi connectivity index (χ1v) is 55.7. The minimum atomic E-state index is -2.75. The predicted octanol–water partition coefficient (Wildman–Crippen LogP) is 10.8. The smallest absolute Gasteiger partial charge is 0.314 e. The quantitative estimate of drug-likeness (QED) is 0.0523. The highest BCUT2D eigenvalue weighted by Crippen LogP contribution is 2.32. The summed E-state index contributed by atoms with van der Waals surface area (Å²) in [5, 5.41) is 8.97. The van der Waals surface area contributed by atoms with Crippen LogP contribution in [-0.4, -0.2) is 127 Å². The monoisotopic (exact) mass is 1030 g/mol. The molecule has 350 valence electrons. The minimum absolute atomic E-state index is 0.0432. The Morgan fingerprint density at radius 1 is 0.293 bits per heavy atom. The summed E-state index contributed by atoms with van der Waals surface area (Å²) in [6, 6.07) is 2.09. The highest BCUT2D eigenvalue weighted by atomic mass is 28.5. The number of unbranched alkanes of at least 4 members (excludes halogenated alkanes) is 1. The lowest BCUT2D eigenvalue weighted by Crippen LogP contribution is -2.62. The third-order valence-electron chi connectivity index (χ3n) is 7.90. The zero-order chi connectivity index (χ0) is 46.1. The fraction of sp³-hybridized carbons (Fsp3) is 1.00. The molecule has 0 rings (SSSR count). The van der Waals surface area contributed by atoms with Crippen LogP contribution in [0.3, 0.4) is 0 Å². The molecule has 13 nitrogen and oxygen atoms in total. The minimum Gasteiger partial charge on any atom is -0.436 e. The number of aliphatic hydroxyl groups is 1. The van der Waals surface area contributed by atoms with Gasteiger partial charge in [-0.1, -0.05) is 19.8 Å². The van der Waals surface area contributed by atoms with E-state index >= 15 is 0 Å². The maximum absolute atomic E-state index is 8.97. The molecule has 0 radical (unpaired) electrons. The topological polar surface area (TPSA) is 131 Å². The Kier molecular flexibility index (Phi) is 23.3. The van der Waals surface area contributed by atoms with Gasteiger partial charge < -0.3 is 55.1 Å². The number of hydrogen-bond acceptors (Lipinski definition) is 13. The van der Waals surface area contributed by atoms with Gasteiger partial charge in [-0.2, -0.15) is 0 Å². The van der Waals surface area contributed by atoms with Crippen molar-refractivity contribution in [3.63, 3.8) is 0 Å². The van der Waals surface area contributed by atoms with Gasteiger partial charge in [-0.15, -0.1) is 0 Å². The van der Waals surface area contributed by atoms with Gasteiger partial charge in [-0.25, -0.2) is 0 Å². The van der Waals surface area contributed by atoms with E-state index in [4.69, 9.17) is 55.1 Å². The van der Waals surface area contributed by atoms with Crippen molar-refractivity contribution in [2.75, 3.05) is 19.8 Å². The fourth-order valence-corrected chi connectivity index (χ4v) is 70.0. The molecule has 0 spiro atoms. The molecule has 0 atom stereocenters. The zero-order valence-electron chi connectivity index (χ0n) is 42.0. The van der Waals surface area contributed by atoms with Gasteiger partial charge in [0.25, 0.3) is 0 Å². The molecule has 0 saturated carbocycles. The van der Waals surface area contributed by atoms with Gasteiger partial charge in [0.15, 0.2) is 16.6 Å². The van der Waals surface area contributed by atoms with E-state index in [1.807, 2.05) is 0 Å². The van der Waals surface area contributed by atoms with Gasteiger partial charge in [0.1, 0.15) is 0 Å². The SMILES string of the molecule is CCCC[Si](C)(C)O[Si](C)(C)O[Si](C)(C)O[Si](C)(C)O[Si](C)(C)O[Si](C)(C)O[Si](C)(C)O[Si](C)(C)O[Si](C)(C)O[Si](C)(C)O[Si](C)(C)O[Si](C)(C)CCCOCCO. The molecular weight excluding hydrogens is 941 g/mol. The van der Waals surface area contributed by atoms with Gasteiger partial charge in [0.05, 0.1) is 13.2 Å². The molecule has 0 fully saturated rings. The molecule has 25 heteroatoms. The lowest BCUT2D eigenvalue weighted by Gasteiger charge is -2.45. The van der Waals surface area contributed by atoms with Crippen molar-refractivity contribution in [3.05, 3.63) is 0 Å². The van der Waals surface area contributed by atoms with Crippen molar-refractivity contribution in [1.82, 2.24) is 0 Å². The van der Waals surface area contributed by atoms with Gasteiger partial charge in [0.2, 0.25) is 0 Å². The summed E-state index contributed by atoms with van der Waals surface area (Å²) in [5.74, 6) is 0. The Morgan fingerprint density at radius 2 is 0.500 bits per heavy atom. The molecule has 0 aromatic rings. The Balaban J connectivity index is 5.53. The third kappa shape index (κ3) is 28.8. The van der Waals surface area contributed by atoms with Crippen LogP contribution in [0.15, 0.2) is 0 Å². The fourth-order valence-electron chi connectivity index (χ4n) is 8.34. The normalized spacial score (nSPS) is 15.4. The molecule has 0 bridgehead atoms. The van der Waals surface area contributed by atoms with Crippen LogP contribution in [0.1, 0.15) is 26.2 Å². The molecule has 0 heterocycles. The largest absolute Gasteiger partial charge is 0.436 e. The lowest BCUT2D eigenvalue weighted by atomic mass is 10.4. The van der Waals surface area contributed by atoms with E-state index in [1.54, 1.807) is 0 Å². The summed E-state index contributed by atoms with van der Waals surface area (Å²) < 4.78 is 80.3. The van der Waals surface area contributed by atoms with Crippen LogP contribution < -0.4 is 0 Å². The van der Waals surface area contributed by atoms with Crippen LogP contribution >= 0.6 is 0 Å². The summed E-state index contributed by atoms with van der Waals surface area (Å²) in [7, 11) is -30.4. The second-order valence-corrected chi connectivity index (χ2v) is 66.2. The molecule has 0 aromatic heterocycles.